The Balaban J connectivity index is 1.66. The molecule has 0 fully saturated rings. The van der Waals surface area contributed by atoms with E-state index in [1.165, 1.54) is 0 Å². The maximum Gasteiger partial charge on any atom is 0.251 e. The Hall–Kier alpha value is -3.08. The normalized spacial score (nSPS) is 11.8. The highest BCUT2D eigenvalue weighted by atomic mass is 16.5. The number of benzene rings is 2. The van der Waals surface area contributed by atoms with E-state index in [-0.39, 0.29) is 11.9 Å². The van der Waals surface area contributed by atoms with Crippen molar-refractivity contribution in [3.8, 4) is 16.9 Å². The van der Waals surface area contributed by atoms with E-state index in [9.17, 15) is 4.79 Å². The third kappa shape index (κ3) is 3.88. The summed E-state index contributed by atoms with van der Waals surface area (Å²) in [6.45, 7) is 2.58. The van der Waals surface area contributed by atoms with Crippen molar-refractivity contribution in [3.63, 3.8) is 0 Å². The van der Waals surface area contributed by atoms with Gasteiger partial charge in [-0.2, -0.15) is 0 Å². The molecule has 5 nitrogen and oxygen atoms in total. The largest absolute Gasteiger partial charge is 0.496 e. The van der Waals surface area contributed by atoms with Crippen LogP contribution in [-0.2, 0) is 0 Å². The van der Waals surface area contributed by atoms with E-state index in [2.05, 4.69) is 10.3 Å². The van der Waals surface area contributed by atoms with E-state index in [0.717, 1.165) is 16.9 Å². The summed E-state index contributed by atoms with van der Waals surface area (Å²) >= 11 is 0. The fourth-order valence-corrected chi connectivity index (χ4v) is 2.66. The SMILES string of the molecule is COc1ccccc1-c1ccc(C(=O)NCC(C)n2ccnc2)cc1. The first-order valence-electron chi connectivity index (χ1n) is 8.18. The Bertz CT molecular complexity index is 826. The molecule has 1 atom stereocenters. The molecule has 0 spiro atoms. The monoisotopic (exact) mass is 335 g/mol. The van der Waals surface area contributed by atoms with Gasteiger partial charge in [-0.15, -0.1) is 0 Å². The Morgan fingerprint density at radius 2 is 1.96 bits per heavy atom. The van der Waals surface area contributed by atoms with Crippen LogP contribution < -0.4 is 10.1 Å². The number of nitrogens with one attached hydrogen (secondary N) is 1. The molecule has 1 N–H and O–H groups in total. The molecule has 0 saturated carbocycles. The maximum atomic E-state index is 12.3. The van der Waals surface area contributed by atoms with Gasteiger partial charge in [0.2, 0.25) is 0 Å². The second-order valence-electron chi connectivity index (χ2n) is 5.85. The van der Waals surface area contributed by atoms with E-state index >= 15 is 0 Å². The number of carbonyl (C=O) groups excluding carboxylic acids is 1. The fraction of sp³-hybridized carbons (Fsp3) is 0.200. The fourth-order valence-electron chi connectivity index (χ4n) is 2.66. The third-order valence-corrected chi connectivity index (χ3v) is 4.16. The minimum absolute atomic E-state index is 0.0847. The minimum Gasteiger partial charge on any atom is -0.496 e. The minimum atomic E-state index is -0.0847. The molecular weight excluding hydrogens is 314 g/mol. The lowest BCUT2D eigenvalue weighted by molar-refractivity contribution is 0.0948. The van der Waals surface area contributed by atoms with Gasteiger partial charge < -0.3 is 14.6 Å². The molecule has 0 radical (unpaired) electrons. The summed E-state index contributed by atoms with van der Waals surface area (Å²) in [4.78, 5) is 16.4. The zero-order valence-electron chi connectivity index (χ0n) is 14.3. The van der Waals surface area contributed by atoms with E-state index < -0.39 is 0 Å². The quantitative estimate of drug-likeness (QED) is 0.749. The van der Waals surface area contributed by atoms with Crippen molar-refractivity contribution in [3.05, 3.63) is 72.8 Å². The van der Waals surface area contributed by atoms with E-state index in [0.29, 0.717) is 12.1 Å². The number of para-hydroxylation sites is 1. The third-order valence-electron chi connectivity index (χ3n) is 4.16. The van der Waals surface area contributed by atoms with Gasteiger partial charge in [-0.3, -0.25) is 4.79 Å². The van der Waals surface area contributed by atoms with Crippen molar-refractivity contribution in [1.29, 1.82) is 0 Å². The van der Waals surface area contributed by atoms with Crippen LogP contribution in [-0.4, -0.2) is 29.1 Å². The Labute approximate surface area is 147 Å². The summed E-state index contributed by atoms with van der Waals surface area (Å²) < 4.78 is 7.35. The number of hydrogen-bond donors (Lipinski definition) is 1. The van der Waals surface area contributed by atoms with Gasteiger partial charge in [0.25, 0.3) is 5.91 Å². The van der Waals surface area contributed by atoms with Crippen LogP contribution in [0.4, 0.5) is 0 Å². The van der Waals surface area contributed by atoms with Crippen molar-refractivity contribution in [2.45, 2.75) is 13.0 Å². The van der Waals surface area contributed by atoms with Crippen LogP contribution in [0.1, 0.15) is 23.3 Å². The predicted molar refractivity (Wildman–Crippen MR) is 97.7 cm³/mol. The number of hydrogen-bond acceptors (Lipinski definition) is 3. The lowest BCUT2D eigenvalue weighted by Crippen LogP contribution is -2.29. The van der Waals surface area contributed by atoms with Crippen LogP contribution in [0.5, 0.6) is 5.75 Å². The molecule has 1 heterocycles. The molecule has 0 aliphatic rings. The molecule has 1 aromatic heterocycles. The smallest absolute Gasteiger partial charge is 0.251 e. The summed E-state index contributed by atoms with van der Waals surface area (Å²) in [5.74, 6) is 0.729. The van der Waals surface area contributed by atoms with Gasteiger partial charge in [-0.05, 0) is 30.7 Å². The van der Waals surface area contributed by atoms with E-state index in [4.69, 9.17) is 4.74 Å². The van der Waals surface area contributed by atoms with Crippen molar-refractivity contribution >= 4 is 5.91 Å². The first-order chi connectivity index (χ1) is 12.2. The zero-order valence-corrected chi connectivity index (χ0v) is 14.3. The average Bonchev–Trinajstić information content (AvgIpc) is 3.21. The first kappa shape index (κ1) is 16.8. The summed E-state index contributed by atoms with van der Waals surface area (Å²) in [6.07, 6.45) is 5.37. The molecule has 0 bridgehead atoms. The van der Waals surface area contributed by atoms with Gasteiger partial charge in [0.15, 0.2) is 0 Å². The number of carbonyl (C=O) groups is 1. The number of ether oxygens (including phenoxy) is 1. The van der Waals surface area contributed by atoms with Crippen molar-refractivity contribution in [1.82, 2.24) is 14.9 Å². The van der Waals surface area contributed by atoms with Gasteiger partial charge in [-0.1, -0.05) is 30.3 Å². The number of aromatic nitrogens is 2. The second-order valence-corrected chi connectivity index (χ2v) is 5.85. The molecule has 5 heteroatoms. The number of methoxy groups -OCH3 is 1. The van der Waals surface area contributed by atoms with Gasteiger partial charge in [0.05, 0.1) is 13.4 Å². The maximum absolute atomic E-state index is 12.3. The highest BCUT2D eigenvalue weighted by Gasteiger charge is 2.10. The van der Waals surface area contributed by atoms with E-state index in [1.54, 1.807) is 19.6 Å². The first-order valence-corrected chi connectivity index (χ1v) is 8.18. The lowest BCUT2D eigenvalue weighted by Gasteiger charge is -2.14. The van der Waals surface area contributed by atoms with E-state index in [1.807, 2.05) is 66.2 Å². The molecule has 3 rings (SSSR count). The van der Waals surface area contributed by atoms with Gasteiger partial charge in [-0.25, -0.2) is 4.98 Å². The molecule has 1 unspecified atom stereocenters. The average molecular weight is 335 g/mol. The number of amides is 1. The number of nitrogens with zero attached hydrogens (tertiary/aromatic N) is 2. The molecule has 1 amide bonds. The molecule has 3 aromatic rings. The van der Waals surface area contributed by atoms with Crippen LogP contribution >= 0.6 is 0 Å². The molecular formula is C20H21N3O2. The Morgan fingerprint density at radius 3 is 2.64 bits per heavy atom. The summed E-state index contributed by atoms with van der Waals surface area (Å²) in [7, 11) is 1.65. The molecule has 128 valence electrons. The highest BCUT2D eigenvalue weighted by Crippen LogP contribution is 2.29. The molecule has 25 heavy (non-hydrogen) atoms. The van der Waals surface area contributed by atoms with Crippen molar-refractivity contribution in [2.75, 3.05) is 13.7 Å². The molecule has 0 aliphatic carbocycles. The Morgan fingerprint density at radius 1 is 1.20 bits per heavy atom. The Kier molecular flexibility index (Phi) is 5.14. The van der Waals surface area contributed by atoms with Crippen molar-refractivity contribution in [2.24, 2.45) is 0 Å². The summed E-state index contributed by atoms with van der Waals surface area (Å²) in [5.41, 5.74) is 2.66. The van der Waals surface area contributed by atoms with Crippen LogP contribution in [0.15, 0.2) is 67.3 Å². The predicted octanol–water partition coefficient (Wildman–Crippen LogP) is 3.55. The van der Waals surface area contributed by atoms with Gasteiger partial charge in [0.1, 0.15) is 5.75 Å². The number of rotatable bonds is 6. The summed E-state index contributed by atoms with van der Waals surface area (Å²) in [5, 5.41) is 2.96. The highest BCUT2D eigenvalue weighted by molar-refractivity contribution is 5.94. The molecule has 2 aromatic carbocycles. The second kappa shape index (κ2) is 7.66. The van der Waals surface area contributed by atoms with Crippen LogP contribution in [0.25, 0.3) is 11.1 Å². The lowest BCUT2D eigenvalue weighted by atomic mass is 10.0. The molecule has 0 saturated heterocycles. The zero-order chi connectivity index (χ0) is 17.6. The van der Waals surface area contributed by atoms with Crippen LogP contribution in [0.3, 0.4) is 0 Å². The summed E-state index contributed by atoms with van der Waals surface area (Å²) in [6, 6.07) is 15.5. The topological polar surface area (TPSA) is 56.1 Å². The van der Waals surface area contributed by atoms with Gasteiger partial charge in [0, 0.05) is 36.1 Å². The van der Waals surface area contributed by atoms with Crippen molar-refractivity contribution < 1.29 is 9.53 Å². The molecule has 0 aliphatic heterocycles. The number of imidazole rings is 1. The van der Waals surface area contributed by atoms with Gasteiger partial charge >= 0.3 is 0 Å². The van der Waals surface area contributed by atoms with Crippen LogP contribution in [0, 0.1) is 0 Å². The standard InChI is InChI=1S/C20H21N3O2/c1-15(23-12-11-21-14-23)13-22-20(24)17-9-7-16(8-10-17)18-5-3-4-6-19(18)25-2/h3-12,14-15H,13H2,1-2H3,(H,22,24). The van der Waals surface area contributed by atoms with Crippen LogP contribution in [0.2, 0.25) is 0 Å².